The lowest BCUT2D eigenvalue weighted by Gasteiger charge is -2.26. The molecule has 1 saturated heterocycles. The Kier molecular flexibility index (Phi) is 3.22. The monoisotopic (exact) mass is 249 g/mol. The summed E-state index contributed by atoms with van der Waals surface area (Å²) in [6, 6.07) is 2.64. The summed E-state index contributed by atoms with van der Waals surface area (Å²) in [6.45, 7) is 0.806. The van der Waals surface area contributed by atoms with Crippen LogP contribution in [0.5, 0.6) is 0 Å². The van der Waals surface area contributed by atoms with Gasteiger partial charge in [0.05, 0.1) is 6.54 Å². The molecule has 2 rings (SSSR count). The molecule has 7 nitrogen and oxygen atoms in total. The molecule has 0 atom stereocenters. The highest BCUT2D eigenvalue weighted by Gasteiger charge is 2.22. The number of rotatable bonds is 2. The fraction of sp³-hybridized carbons (Fsp3) is 0.273. The van der Waals surface area contributed by atoms with E-state index in [1.54, 1.807) is 0 Å². The number of piperazine rings is 1. The predicted octanol–water partition coefficient (Wildman–Crippen LogP) is -0.648. The minimum absolute atomic E-state index is 0.0104. The maximum Gasteiger partial charge on any atom is 0.354 e. The van der Waals surface area contributed by atoms with Gasteiger partial charge in [-0.25, -0.2) is 9.78 Å². The molecule has 1 aliphatic heterocycles. The van der Waals surface area contributed by atoms with Gasteiger partial charge in [0.2, 0.25) is 5.91 Å². The lowest BCUT2D eigenvalue weighted by molar-refractivity contribution is -0.123. The van der Waals surface area contributed by atoms with Crippen molar-refractivity contribution in [3.8, 4) is 0 Å². The van der Waals surface area contributed by atoms with Crippen molar-refractivity contribution in [1.29, 1.82) is 0 Å². The van der Waals surface area contributed by atoms with E-state index in [1.807, 2.05) is 0 Å². The average Bonchev–Trinajstić information content (AvgIpc) is 2.38. The summed E-state index contributed by atoms with van der Waals surface area (Å²) in [6.07, 6.45) is 1.26. The van der Waals surface area contributed by atoms with Crippen molar-refractivity contribution in [2.75, 3.05) is 19.6 Å². The third-order valence-corrected chi connectivity index (χ3v) is 2.55. The molecule has 94 valence electrons. The van der Waals surface area contributed by atoms with Gasteiger partial charge in [0, 0.05) is 24.8 Å². The number of nitrogens with one attached hydrogen (secondary N) is 1. The largest absolute Gasteiger partial charge is 0.477 e. The summed E-state index contributed by atoms with van der Waals surface area (Å²) in [5.41, 5.74) is 0.0272. The van der Waals surface area contributed by atoms with Gasteiger partial charge in [-0.1, -0.05) is 0 Å². The number of carboxylic acids is 1. The minimum atomic E-state index is -1.19. The van der Waals surface area contributed by atoms with E-state index < -0.39 is 5.97 Å². The third-order valence-electron chi connectivity index (χ3n) is 2.55. The van der Waals surface area contributed by atoms with E-state index in [1.165, 1.54) is 23.2 Å². The number of pyridine rings is 1. The Hall–Kier alpha value is -2.44. The molecule has 0 bridgehead atoms. The second-order valence-corrected chi connectivity index (χ2v) is 3.81. The Morgan fingerprint density at radius 2 is 2.22 bits per heavy atom. The number of carboxylic acid groups (broad SMARTS) is 1. The van der Waals surface area contributed by atoms with E-state index in [2.05, 4.69) is 10.3 Å². The topological polar surface area (TPSA) is 99.6 Å². The summed E-state index contributed by atoms with van der Waals surface area (Å²) < 4.78 is 0. The number of carbonyl (C=O) groups is 3. The first kappa shape index (κ1) is 12.0. The summed E-state index contributed by atoms with van der Waals surface area (Å²) in [4.78, 5) is 39.0. The van der Waals surface area contributed by atoms with Crippen molar-refractivity contribution in [1.82, 2.24) is 15.2 Å². The fourth-order valence-electron chi connectivity index (χ4n) is 1.68. The van der Waals surface area contributed by atoms with Gasteiger partial charge < -0.3 is 15.3 Å². The van der Waals surface area contributed by atoms with Crippen LogP contribution in [-0.2, 0) is 4.79 Å². The standard InChI is InChI=1S/C11H11N3O4/c15-9-6-14(4-3-13-9)10(16)7-1-2-12-8(5-7)11(17)18/h1-2,5H,3-4,6H2,(H,13,15)(H,17,18). The molecule has 18 heavy (non-hydrogen) atoms. The molecule has 1 fully saturated rings. The van der Waals surface area contributed by atoms with E-state index in [-0.39, 0.29) is 29.6 Å². The van der Waals surface area contributed by atoms with Crippen molar-refractivity contribution in [3.63, 3.8) is 0 Å². The van der Waals surface area contributed by atoms with Crippen LogP contribution in [-0.4, -0.2) is 52.4 Å². The molecule has 1 aromatic heterocycles. The van der Waals surface area contributed by atoms with Crippen molar-refractivity contribution in [2.45, 2.75) is 0 Å². The molecule has 0 spiro atoms. The second-order valence-electron chi connectivity index (χ2n) is 3.81. The molecule has 0 saturated carbocycles. The first-order valence-electron chi connectivity index (χ1n) is 5.33. The van der Waals surface area contributed by atoms with Crippen LogP contribution >= 0.6 is 0 Å². The SMILES string of the molecule is O=C1CN(C(=O)c2ccnc(C(=O)O)c2)CCN1. The van der Waals surface area contributed by atoms with Crippen LogP contribution in [0.2, 0.25) is 0 Å². The summed E-state index contributed by atoms with van der Waals surface area (Å²) in [5, 5.41) is 11.4. The van der Waals surface area contributed by atoms with Gasteiger partial charge >= 0.3 is 5.97 Å². The first-order valence-corrected chi connectivity index (χ1v) is 5.33. The van der Waals surface area contributed by atoms with E-state index in [0.29, 0.717) is 13.1 Å². The fourth-order valence-corrected chi connectivity index (χ4v) is 1.68. The maximum atomic E-state index is 12.0. The van der Waals surface area contributed by atoms with Crippen molar-refractivity contribution in [3.05, 3.63) is 29.6 Å². The van der Waals surface area contributed by atoms with Crippen LogP contribution in [0.3, 0.4) is 0 Å². The maximum absolute atomic E-state index is 12.0. The van der Waals surface area contributed by atoms with E-state index in [4.69, 9.17) is 5.11 Å². The molecular formula is C11H11N3O4. The molecular weight excluding hydrogens is 238 g/mol. The van der Waals surface area contributed by atoms with E-state index in [0.717, 1.165) is 0 Å². The first-order chi connectivity index (χ1) is 8.58. The molecule has 2 N–H and O–H groups in total. The van der Waals surface area contributed by atoms with Gasteiger partial charge in [0.25, 0.3) is 5.91 Å². The third kappa shape index (κ3) is 2.45. The predicted molar refractivity (Wildman–Crippen MR) is 60.1 cm³/mol. The number of hydrogen-bond donors (Lipinski definition) is 2. The van der Waals surface area contributed by atoms with Crippen molar-refractivity contribution < 1.29 is 19.5 Å². The molecule has 2 amide bonds. The minimum Gasteiger partial charge on any atom is -0.477 e. The van der Waals surface area contributed by atoms with Crippen molar-refractivity contribution in [2.24, 2.45) is 0 Å². The Morgan fingerprint density at radius 1 is 1.44 bits per heavy atom. The highest BCUT2D eigenvalue weighted by atomic mass is 16.4. The molecule has 2 heterocycles. The Bertz CT molecular complexity index is 515. The number of amides is 2. The summed E-state index contributed by atoms with van der Waals surface area (Å²) in [5.74, 6) is -1.78. The number of carbonyl (C=O) groups excluding carboxylic acids is 2. The molecule has 1 aromatic rings. The molecule has 7 heteroatoms. The van der Waals surface area contributed by atoms with E-state index >= 15 is 0 Å². The lowest BCUT2D eigenvalue weighted by atomic mass is 10.2. The van der Waals surface area contributed by atoms with Gasteiger partial charge in [-0.3, -0.25) is 9.59 Å². The number of nitrogens with zero attached hydrogens (tertiary/aromatic N) is 2. The molecule has 0 radical (unpaired) electrons. The number of hydrogen-bond acceptors (Lipinski definition) is 4. The molecule has 1 aliphatic rings. The molecule has 0 aromatic carbocycles. The zero-order chi connectivity index (χ0) is 13.1. The average molecular weight is 249 g/mol. The van der Waals surface area contributed by atoms with Crippen LogP contribution in [0.4, 0.5) is 0 Å². The normalized spacial score (nSPS) is 15.1. The Morgan fingerprint density at radius 3 is 2.89 bits per heavy atom. The number of aromatic carboxylic acids is 1. The summed E-state index contributed by atoms with van der Waals surface area (Å²) >= 11 is 0. The van der Waals surface area contributed by atoms with Crippen LogP contribution in [0, 0.1) is 0 Å². The van der Waals surface area contributed by atoms with Gasteiger partial charge in [-0.2, -0.15) is 0 Å². The highest BCUT2D eigenvalue weighted by molar-refractivity contribution is 5.98. The van der Waals surface area contributed by atoms with Gasteiger partial charge in [-0.05, 0) is 12.1 Å². The summed E-state index contributed by atoms with van der Waals surface area (Å²) in [7, 11) is 0. The zero-order valence-electron chi connectivity index (χ0n) is 9.42. The van der Waals surface area contributed by atoms with Gasteiger partial charge in [0.15, 0.2) is 0 Å². The van der Waals surface area contributed by atoms with Gasteiger partial charge in [0.1, 0.15) is 5.69 Å². The zero-order valence-corrected chi connectivity index (χ0v) is 9.42. The smallest absolute Gasteiger partial charge is 0.354 e. The van der Waals surface area contributed by atoms with Crippen LogP contribution in [0.25, 0.3) is 0 Å². The Labute approximate surface area is 102 Å². The Balaban J connectivity index is 2.20. The highest BCUT2D eigenvalue weighted by Crippen LogP contribution is 2.07. The van der Waals surface area contributed by atoms with Crippen LogP contribution in [0.1, 0.15) is 20.8 Å². The van der Waals surface area contributed by atoms with Crippen LogP contribution < -0.4 is 5.32 Å². The van der Waals surface area contributed by atoms with E-state index in [9.17, 15) is 14.4 Å². The number of aromatic nitrogens is 1. The van der Waals surface area contributed by atoms with Gasteiger partial charge in [-0.15, -0.1) is 0 Å². The second kappa shape index (κ2) is 4.82. The van der Waals surface area contributed by atoms with Crippen molar-refractivity contribution >= 4 is 17.8 Å². The lowest BCUT2D eigenvalue weighted by Crippen LogP contribution is -2.50. The molecule has 0 aliphatic carbocycles. The molecule has 0 unspecified atom stereocenters. The quantitative estimate of drug-likeness (QED) is 0.725. The van der Waals surface area contributed by atoms with Crippen LogP contribution in [0.15, 0.2) is 18.3 Å².